The van der Waals surface area contributed by atoms with Gasteiger partial charge in [0.15, 0.2) is 0 Å². The second-order valence-corrected chi connectivity index (χ2v) is 5.08. The highest BCUT2D eigenvalue weighted by molar-refractivity contribution is 5.15. The molecular formula is C12H18N2O. The van der Waals surface area contributed by atoms with Gasteiger partial charge in [-0.2, -0.15) is 5.10 Å². The van der Waals surface area contributed by atoms with Crippen LogP contribution in [0.4, 0.5) is 0 Å². The molecule has 15 heavy (non-hydrogen) atoms. The van der Waals surface area contributed by atoms with Gasteiger partial charge in [-0.25, -0.2) is 0 Å². The van der Waals surface area contributed by atoms with E-state index >= 15 is 0 Å². The van der Waals surface area contributed by atoms with Gasteiger partial charge in [-0.3, -0.25) is 4.68 Å². The van der Waals surface area contributed by atoms with Crippen molar-refractivity contribution in [1.82, 2.24) is 9.78 Å². The quantitative estimate of drug-likeness (QED) is 0.802. The smallest absolute Gasteiger partial charge is 0.0854 e. The molecule has 0 amide bonds. The third-order valence-corrected chi connectivity index (χ3v) is 4.15. The fourth-order valence-electron chi connectivity index (χ4n) is 3.33. The van der Waals surface area contributed by atoms with Crippen LogP contribution in [0.3, 0.4) is 0 Å². The molecule has 1 aromatic heterocycles. The number of aliphatic hydroxyl groups excluding tert-OH is 1. The van der Waals surface area contributed by atoms with Gasteiger partial charge in [0, 0.05) is 18.8 Å². The van der Waals surface area contributed by atoms with Crippen LogP contribution < -0.4 is 0 Å². The Kier molecular flexibility index (Phi) is 2.09. The summed E-state index contributed by atoms with van der Waals surface area (Å²) in [6.45, 7) is 0. The van der Waals surface area contributed by atoms with Crippen molar-refractivity contribution in [3.8, 4) is 0 Å². The number of nitrogens with zero attached hydrogens (tertiary/aromatic N) is 2. The van der Waals surface area contributed by atoms with Crippen LogP contribution in [0.25, 0.3) is 0 Å². The number of aromatic nitrogens is 2. The molecule has 3 nitrogen and oxygen atoms in total. The first kappa shape index (κ1) is 9.40. The monoisotopic (exact) mass is 206 g/mol. The van der Waals surface area contributed by atoms with Crippen LogP contribution in [-0.2, 0) is 7.05 Å². The first-order valence-corrected chi connectivity index (χ1v) is 5.94. The Balaban J connectivity index is 1.73. The molecule has 3 unspecified atom stereocenters. The van der Waals surface area contributed by atoms with Crippen molar-refractivity contribution in [2.75, 3.05) is 0 Å². The van der Waals surface area contributed by atoms with Crippen LogP contribution in [0, 0.1) is 17.8 Å². The van der Waals surface area contributed by atoms with E-state index in [0.717, 1.165) is 17.4 Å². The second kappa shape index (κ2) is 3.34. The van der Waals surface area contributed by atoms with E-state index in [2.05, 4.69) is 5.10 Å². The van der Waals surface area contributed by atoms with Crippen molar-refractivity contribution in [2.24, 2.45) is 24.8 Å². The van der Waals surface area contributed by atoms with Gasteiger partial charge in [-0.05, 0) is 30.6 Å². The fourth-order valence-corrected chi connectivity index (χ4v) is 3.33. The Morgan fingerprint density at radius 3 is 2.60 bits per heavy atom. The molecule has 0 aromatic carbocycles. The molecule has 0 saturated heterocycles. The first-order valence-electron chi connectivity index (χ1n) is 5.94. The van der Waals surface area contributed by atoms with E-state index in [0.29, 0.717) is 5.92 Å². The Labute approximate surface area is 90.1 Å². The molecule has 3 atom stereocenters. The average molecular weight is 206 g/mol. The summed E-state index contributed by atoms with van der Waals surface area (Å²) >= 11 is 0. The van der Waals surface area contributed by atoms with Gasteiger partial charge < -0.3 is 5.11 Å². The van der Waals surface area contributed by atoms with Crippen LogP contribution in [-0.4, -0.2) is 14.9 Å². The Morgan fingerprint density at radius 1 is 1.40 bits per heavy atom. The lowest BCUT2D eigenvalue weighted by atomic mass is 10.0. The van der Waals surface area contributed by atoms with Crippen molar-refractivity contribution >= 4 is 0 Å². The third kappa shape index (κ3) is 1.49. The fraction of sp³-hybridized carbons (Fsp3) is 0.750. The van der Waals surface area contributed by atoms with E-state index < -0.39 is 0 Å². The summed E-state index contributed by atoms with van der Waals surface area (Å²) in [6.07, 6.45) is 8.84. The van der Waals surface area contributed by atoms with E-state index in [9.17, 15) is 5.11 Å². The number of aliphatic hydroxyl groups is 1. The first-order chi connectivity index (χ1) is 7.27. The lowest BCUT2D eigenvalue weighted by Gasteiger charge is -2.06. The highest BCUT2D eigenvalue weighted by atomic mass is 16.3. The Bertz CT molecular complexity index is 348. The Hall–Kier alpha value is -0.830. The normalized spacial score (nSPS) is 36.0. The molecule has 2 aliphatic carbocycles. The molecule has 0 radical (unpaired) electrons. The van der Waals surface area contributed by atoms with Crippen molar-refractivity contribution < 1.29 is 5.11 Å². The second-order valence-electron chi connectivity index (χ2n) is 5.08. The topological polar surface area (TPSA) is 38.0 Å². The summed E-state index contributed by atoms with van der Waals surface area (Å²) in [5, 5.41) is 14.4. The van der Waals surface area contributed by atoms with E-state index in [1.165, 1.54) is 25.7 Å². The summed E-state index contributed by atoms with van der Waals surface area (Å²) in [5.41, 5.74) is 0.997. The summed E-state index contributed by atoms with van der Waals surface area (Å²) in [5.74, 6) is 2.12. The van der Waals surface area contributed by atoms with Crippen molar-refractivity contribution in [3.05, 3.63) is 18.0 Å². The Morgan fingerprint density at radius 2 is 2.07 bits per heavy atom. The van der Waals surface area contributed by atoms with Gasteiger partial charge >= 0.3 is 0 Å². The average Bonchev–Trinajstić information content (AvgIpc) is 2.82. The molecule has 1 N–H and O–H groups in total. The summed E-state index contributed by atoms with van der Waals surface area (Å²) in [6, 6.07) is 0. The maximum Gasteiger partial charge on any atom is 0.0854 e. The zero-order valence-corrected chi connectivity index (χ0v) is 9.13. The van der Waals surface area contributed by atoms with Gasteiger partial charge in [0.1, 0.15) is 0 Å². The van der Waals surface area contributed by atoms with Crippen LogP contribution in [0.15, 0.2) is 12.4 Å². The minimum atomic E-state index is -0.271. The molecule has 3 heteroatoms. The molecule has 1 heterocycles. The number of hydrogen-bond donors (Lipinski definition) is 1. The summed E-state index contributed by atoms with van der Waals surface area (Å²) < 4.78 is 1.77. The molecule has 0 spiro atoms. The maximum absolute atomic E-state index is 10.3. The van der Waals surface area contributed by atoms with Gasteiger partial charge in [0.25, 0.3) is 0 Å². The van der Waals surface area contributed by atoms with E-state index in [-0.39, 0.29) is 6.10 Å². The van der Waals surface area contributed by atoms with Crippen LogP contribution >= 0.6 is 0 Å². The zero-order valence-electron chi connectivity index (χ0n) is 9.13. The number of rotatable bonds is 2. The highest BCUT2D eigenvalue weighted by Crippen LogP contribution is 2.60. The van der Waals surface area contributed by atoms with Crippen LogP contribution in [0.1, 0.15) is 37.4 Å². The lowest BCUT2D eigenvalue weighted by molar-refractivity contribution is 0.142. The minimum Gasteiger partial charge on any atom is -0.388 e. The molecular weight excluding hydrogens is 188 g/mol. The molecule has 0 aliphatic heterocycles. The SMILES string of the molecule is Cn1cc(C(O)C2C3CCCCC32)cn1. The number of fused-ring (bicyclic) bond motifs is 1. The van der Waals surface area contributed by atoms with Crippen molar-refractivity contribution in [2.45, 2.75) is 31.8 Å². The van der Waals surface area contributed by atoms with Gasteiger partial charge in [-0.15, -0.1) is 0 Å². The third-order valence-electron chi connectivity index (χ3n) is 4.15. The van der Waals surface area contributed by atoms with Crippen molar-refractivity contribution in [3.63, 3.8) is 0 Å². The largest absolute Gasteiger partial charge is 0.388 e. The minimum absolute atomic E-state index is 0.271. The predicted octanol–water partition coefficient (Wildman–Crippen LogP) is 1.89. The molecule has 1 aromatic rings. The molecule has 2 aliphatic rings. The lowest BCUT2D eigenvalue weighted by Crippen LogP contribution is -2.01. The van der Waals surface area contributed by atoms with E-state index in [1.54, 1.807) is 10.9 Å². The van der Waals surface area contributed by atoms with E-state index in [4.69, 9.17) is 0 Å². The van der Waals surface area contributed by atoms with Crippen molar-refractivity contribution in [1.29, 1.82) is 0 Å². The van der Waals surface area contributed by atoms with Gasteiger partial charge in [0.05, 0.1) is 12.3 Å². The molecule has 2 fully saturated rings. The van der Waals surface area contributed by atoms with Crippen LogP contribution in [0.2, 0.25) is 0 Å². The number of hydrogen-bond acceptors (Lipinski definition) is 2. The summed E-state index contributed by atoms with van der Waals surface area (Å²) in [4.78, 5) is 0. The molecule has 3 rings (SSSR count). The summed E-state index contributed by atoms with van der Waals surface area (Å²) in [7, 11) is 1.90. The number of aryl methyl sites for hydroxylation is 1. The zero-order chi connectivity index (χ0) is 10.4. The molecule has 82 valence electrons. The van der Waals surface area contributed by atoms with Gasteiger partial charge in [0.2, 0.25) is 0 Å². The molecule has 2 saturated carbocycles. The molecule has 0 bridgehead atoms. The maximum atomic E-state index is 10.3. The highest BCUT2D eigenvalue weighted by Gasteiger charge is 2.54. The standard InChI is InChI=1S/C12H18N2O/c1-14-7-8(6-13-14)12(15)11-9-4-2-3-5-10(9)11/h6-7,9-12,15H,2-5H2,1H3. The van der Waals surface area contributed by atoms with Crippen LogP contribution in [0.5, 0.6) is 0 Å². The predicted molar refractivity (Wildman–Crippen MR) is 57.1 cm³/mol. The van der Waals surface area contributed by atoms with E-state index in [1.807, 2.05) is 13.2 Å². The van der Waals surface area contributed by atoms with Gasteiger partial charge in [-0.1, -0.05) is 12.8 Å².